The molecule has 0 aliphatic carbocycles. The second-order valence-electron chi connectivity index (χ2n) is 4.02. The lowest BCUT2D eigenvalue weighted by Crippen LogP contribution is -2.04. The third-order valence-electron chi connectivity index (χ3n) is 2.54. The summed E-state index contributed by atoms with van der Waals surface area (Å²) in [6.07, 6.45) is 0. The Hall–Kier alpha value is -2.39. The molecule has 2 aromatic rings. The first-order valence-corrected chi connectivity index (χ1v) is 5.79. The highest BCUT2D eigenvalue weighted by molar-refractivity contribution is 5.66. The smallest absolute Gasteiger partial charge is 0.163 e. The van der Waals surface area contributed by atoms with E-state index in [1.54, 1.807) is 7.11 Å². The summed E-state index contributed by atoms with van der Waals surface area (Å²) in [7, 11) is 1.62. The topological polar surface area (TPSA) is 83.8 Å². The fraction of sp³-hybridized carbons (Fsp3) is 0.308. The number of ether oxygens (including phenoxy) is 2. The standard InChI is InChI=1S/C13H14N4O2/c1-9-5-10(13-12(8-14)15-17-16-13)7-11(6-9)19-4-3-18-2/h5-7H,3-4H2,1-2H3,(H,15,16,17). The zero-order valence-electron chi connectivity index (χ0n) is 10.8. The first-order valence-electron chi connectivity index (χ1n) is 5.79. The summed E-state index contributed by atoms with van der Waals surface area (Å²) >= 11 is 0. The highest BCUT2D eigenvalue weighted by atomic mass is 16.5. The van der Waals surface area contributed by atoms with Gasteiger partial charge in [-0.2, -0.15) is 5.26 Å². The van der Waals surface area contributed by atoms with E-state index in [4.69, 9.17) is 14.7 Å². The molecule has 19 heavy (non-hydrogen) atoms. The predicted molar refractivity (Wildman–Crippen MR) is 68.6 cm³/mol. The predicted octanol–water partition coefficient (Wildman–Crippen LogP) is 1.68. The fourth-order valence-electron chi connectivity index (χ4n) is 1.72. The number of benzene rings is 1. The van der Waals surface area contributed by atoms with Crippen molar-refractivity contribution in [3.05, 3.63) is 29.5 Å². The van der Waals surface area contributed by atoms with Gasteiger partial charge in [-0.15, -0.1) is 5.10 Å². The maximum absolute atomic E-state index is 8.97. The van der Waals surface area contributed by atoms with E-state index >= 15 is 0 Å². The molecule has 0 aliphatic heterocycles. The quantitative estimate of drug-likeness (QED) is 0.825. The third kappa shape index (κ3) is 3.09. The fourth-order valence-corrected chi connectivity index (χ4v) is 1.72. The van der Waals surface area contributed by atoms with E-state index in [1.807, 2.05) is 31.2 Å². The zero-order chi connectivity index (χ0) is 13.7. The number of aromatic amines is 1. The van der Waals surface area contributed by atoms with Gasteiger partial charge in [-0.05, 0) is 30.7 Å². The summed E-state index contributed by atoms with van der Waals surface area (Å²) in [4.78, 5) is 0. The van der Waals surface area contributed by atoms with Gasteiger partial charge in [-0.1, -0.05) is 5.21 Å². The molecule has 0 bridgehead atoms. The molecule has 2 rings (SSSR count). The Morgan fingerprint density at radius 3 is 2.89 bits per heavy atom. The maximum atomic E-state index is 8.97. The summed E-state index contributed by atoms with van der Waals surface area (Å²) in [5.41, 5.74) is 2.70. The van der Waals surface area contributed by atoms with E-state index in [-0.39, 0.29) is 0 Å². The Labute approximate surface area is 111 Å². The molecular formula is C13H14N4O2. The molecule has 6 nitrogen and oxygen atoms in total. The Bertz CT molecular complexity index is 601. The van der Waals surface area contributed by atoms with Crippen LogP contribution in [-0.2, 0) is 4.74 Å². The molecule has 1 N–H and O–H groups in total. The SMILES string of the molecule is COCCOc1cc(C)cc(-c2nn[nH]c2C#N)c1. The first kappa shape index (κ1) is 13.1. The summed E-state index contributed by atoms with van der Waals surface area (Å²) < 4.78 is 10.5. The van der Waals surface area contributed by atoms with Crippen molar-refractivity contribution >= 4 is 0 Å². The molecule has 1 aromatic heterocycles. The van der Waals surface area contributed by atoms with E-state index in [9.17, 15) is 0 Å². The van der Waals surface area contributed by atoms with E-state index in [2.05, 4.69) is 15.4 Å². The van der Waals surface area contributed by atoms with E-state index in [0.29, 0.717) is 24.6 Å². The van der Waals surface area contributed by atoms with Gasteiger partial charge in [0.15, 0.2) is 5.69 Å². The van der Waals surface area contributed by atoms with Crippen molar-refractivity contribution in [2.45, 2.75) is 6.92 Å². The Morgan fingerprint density at radius 1 is 1.32 bits per heavy atom. The average molecular weight is 258 g/mol. The first-order chi connectivity index (χ1) is 9.24. The molecule has 0 spiro atoms. The van der Waals surface area contributed by atoms with Crippen molar-refractivity contribution < 1.29 is 9.47 Å². The van der Waals surface area contributed by atoms with Gasteiger partial charge in [-0.3, -0.25) is 0 Å². The number of nitriles is 1. The number of nitrogens with zero attached hydrogens (tertiary/aromatic N) is 3. The van der Waals surface area contributed by atoms with Gasteiger partial charge in [-0.25, -0.2) is 5.10 Å². The average Bonchev–Trinajstić information content (AvgIpc) is 2.86. The minimum absolute atomic E-state index is 0.341. The van der Waals surface area contributed by atoms with Crippen molar-refractivity contribution in [2.24, 2.45) is 0 Å². The van der Waals surface area contributed by atoms with Crippen LogP contribution in [0.25, 0.3) is 11.3 Å². The van der Waals surface area contributed by atoms with Crippen LogP contribution in [0.1, 0.15) is 11.3 Å². The number of hydrogen-bond donors (Lipinski definition) is 1. The second-order valence-corrected chi connectivity index (χ2v) is 4.02. The van der Waals surface area contributed by atoms with Crippen molar-refractivity contribution in [3.63, 3.8) is 0 Å². The monoisotopic (exact) mass is 258 g/mol. The molecule has 0 saturated carbocycles. The number of rotatable bonds is 5. The van der Waals surface area contributed by atoms with Crippen LogP contribution in [0, 0.1) is 18.3 Å². The number of aryl methyl sites for hydroxylation is 1. The van der Waals surface area contributed by atoms with Gasteiger partial charge in [0.2, 0.25) is 0 Å². The number of methoxy groups -OCH3 is 1. The number of H-pyrrole nitrogens is 1. The van der Waals surface area contributed by atoms with Crippen LogP contribution in [0.4, 0.5) is 0 Å². The van der Waals surface area contributed by atoms with Crippen molar-refractivity contribution in [2.75, 3.05) is 20.3 Å². The second kappa shape index (κ2) is 5.98. The van der Waals surface area contributed by atoms with Crippen LogP contribution < -0.4 is 4.74 Å². The van der Waals surface area contributed by atoms with Gasteiger partial charge in [0, 0.05) is 12.7 Å². The third-order valence-corrected chi connectivity index (χ3v) is 2.54. The molecule has 6 heteroatoms. The number of aromatic nitrogens is 3. The van der Waals surface area contributed by atoms with Crippen LogP contribution in [0.5, 0.6) is 5.75 Å². The van der Waals surface area contributed by atoms with Crippen molar-refractivity contribution in [1.82, 2.24) is 15.4 Å². The normalized spacial score (nSPS) is 10.2. The lowest BCUT2D eigenvalue weighted by molar-refractivity contribution is 0.146. The molecule has 1 heterocycles. The minimum atomic E-state index is 0.341. The number of nitrogens with one attached hydrogen (secondary N) is 1. The molecule has 0 saturated heterocycles. The summed E-state index contributed by atoms with van der Waals surface area (Å²) in [5, 5.41) is 19.1. The van der Waals surface area contributed by atoms with Gasteiger partial charge in [0.1, 0.15) is 24.1 Å². The van der Waals surface area contributed by atoms with Crippen LogP contribution in [0.15, 0.2) is 18.2 Å². The zero-order valence-corrected chi connectivity index (χ0v) is 10.8. The van der Waals surface area contributed by atoms with Crippen LogP contribution >= 0.6 is 0 Å². The summed E-state index contributed by atoms with van der Waals surface area (Å²) in [6, 6.07) is 7.71. The highest BCUT2D eigenvalue weighted by Crippen LogP contribution is 2.25. The molecule has 98 valence electrons. The Morgan fingerprint density at radius 2 is 2.16 bits per heavy atom. The van der Waals surface area contributed by atoms with E-state index in [1.165, 1.54) is 0 Å². The molecule has 0 unspecified atom stereocenters. The van der Waals surface area contributed by atoms with E-state index in [0.717, 1.165) is 16.9 Å². The van der Waals surface area contributed by atoms with Crippen LogP contribution in [-0.4, -0.2) is 35.7 Å². The molecule has 0 atom stereocenters. The lowest BCUT2D eigenvalue weighted by Gasteiger charge is -2.08. The van der Waals surface area contributed by atoms with E-state index < -0.39 is 0 Å². The maximum Gasteiger partial charge on any atom is 0.163 e. The highest BCUT2D eigenvalue weighted by Gasteiger charge is 2.11. The molecule has 0 fully saturated rings. The molecule has 1 aromatic carbocycles. The summed E-state index contributed by atoms with van der Waals surface area (Å²) in [5.74, 6) is 0.721. The Balaban J connectivity index is 2.29. The lowest BCUT2D eigenvalue weighted by atomic mass is 10.1. The van der Waals surface area contributed by atoms with Gasteiger partial charge in [0.25, 0.3) is 0 Å². The molecule has 0 amide bonds. The molecular weight excluding hydrogens is 244 g/mol. The largest absolute Gasteiger partial charge is 0.491 e. The number of hydrogen-bond acceptors (Lipinski definition) is 5. The van der Waals surface area contributed by atoms with Crippen LogP contribution in [0.3, 0.4) is 0 Å². The van der Waals surface area contributed by atoms with Gasteiger partial charge < -0.3 is 9.47 Å². The van der Waals surface area contributed by atoms with Crippen molar-refractivity contribution in [3.8, 4) is 23.1 Å². The summed E-state index contributed by atoms with van der Waals surface area (Å²) in [6.45, 7) is 2.96. The van der Waals surface area contributed by atoms with Crippen LogP contribution in [0.2, 0.25) is 0 Å². The van der Waals surface area contributed by atoms with Gasteiger partial charge >= 0.3 is 0 Å². The Kier molecular flexibility index (Phi) is 4.11. The molecule has 0 radical (unpaired) electrons. The minimum Gasteiger partial charge on any atom is -0.491 e. The van der Waals surface area contributed by atoms with Crippen molar-refractivity contribution in [1.29, 1.82) is 5.26 Å². The molecule has 0 aliphatic rings. The van der Waals surface area contributed by atoms with Gasteiger partial charge in [0.05, 0.1) is 6.61 Å².